The summed E-state index contributed by atoms with van der Waals surface area (Å²) in [5, 5.41) is 3.21. The second-order valence-electron chi connectivity index (χ2n) is 6.95. The molecule has 0 aromatic heterocycles. The zero-order valence-corrected chi connectivity index (χ0v) is 14.5. The van der Waals surface area contributed by atoms with Crippen molar-refractivity contribution in [2.24, 2.45) is 0 Å². The van der Waals surface area contributed by atoms with Crippen LogP contribution in [0.3, 0.4) is 0 Å². The van der Waals surface area contributed by atoms with Crippen LogP contribution >= 0.6 is 0 Å². The smallest absolute Gasteiger partial charge is 0.317 e. The Morgan fingerprint density at radius 3 is 2.13 bits per heavy atom. The van der Waals surface area contributed by atoms with Gasteiger partial charge in [-0.15, -0.1) is 0 Å². The number of carbonyl (C=O) groups excluding carboxylic acids is 2. The molecule has 23 heavy (non-hydrogen) atoms. The Morgan fingerprint density at radius 1 is 0.957 bits per heavy atom. The average molecular weight is 324 g/mol. The number of nitrogens with one attached hydrogen (secondary N) is 1. The average Bonchev–Trinajstić information content (AvgIpc) is 2.85. The van der Waals surface area contributed by atoms with E-state index in [1.54, 1.807) is 0 Å². The molecule has 2 saturated carbocycles. The van der Waals surface area contributed by atoms with Crippen LogP contribution in [0.1, 0.15) is 77.0 Å². The van der Waals surface area contributed by atoms with Gasteiger partial charge in [0.25, 0.3) is 0 Å². The van der Waals surface area contributed by atoms with Crippen LogP contribution in [0.2, 0.25) is 0 Å². The molecule has 132 valence electrons. The van der Waals surface area contributed by atoms with Gasteiger partial charge in [-0.3, -0.25) is 4.79 Å². The molecule has 2 aliphatic carbocycles. The fourth-order valence-corrected chi connectivity index (χ4v) is 3.84. The van der Waals surface area contributed by atoms with Gasteiger partial charge in [0.05, 0.1) is 13.5 Å². The van der Waals surface area contributed by atoms with Crippen LogP contribution in [0.5, 0.6) is 0 Å². The lowest BCUT2D eigenvalue weighted by Crippen LogP contribution is -2.50. The summed E-state index contributed by atoms with van der Waals surface area (Å²) < 4.78 is 4.75. The molecular formula is C18H32N2O3. The minimum absolute atomic E-state index is 0.0210. The first-order valence-electron chi connectivity index (χ1n) is 9.34. The van der Waals surface area contributed by atoms with Crippen LogP contribution in [-0.2, 0) is 9.53 Å². The Morgan fingerprint density at radius 2 is 1.52 bits per heavy atom. The third kappa shape index (κ3) is 6.04. The van der Waals surface area contributed by atoms with E-state index >= 15 is 0 Å². The van der Waals surface area contributed by atoms with Gasteiger partial charge >= 0.3 is 12.0 Å². The normalized spacial score (nSPS) is 20.6. The first-order valence-corrected chi connectivity index (χ1v) is 9.34. The summed E-state index contributed by atoms with van der Waals surface area (Å²) in [6.45, 7) is 0.468. The molecule has 0 saturated heterocycles. The molecule has 2 aliphatic rings. The number of hydrogen-bond donors (Lipinski definition) is 1. The predicted octanol–water partition coefficient (Wildman–Crippen LogP) is 3.62. The molecule has 0 spiro atoms. The highest BCUT2D eigenvalue weighted by Crippen LogP contribution is 2.23. The van der Waals surface area contributed by atoms with E-state index in [0.717, 1.165) is 25.7 Å². The largest absolute Gasteiger partial charge is 0.469 e. The lowest BCUT2D eigenvalue weighted by Gasteiger charge is -2.33. The van der Waals surface area contributed by atoms with Gasteiger partial charge < -0.3 is 15.0 Å². The Hall–Kier alpha value is -1.26. The molecule has 0 radical (unpaired) electrons. The Balaban J connectivity index is 1.94. The van der Waals surface area contributed by atoms with Gasteiger partial charge in [-0.2, -0.15) is 0 Å². The quantitative estimate of drug-likeness (QED) is 0.621. The molecule has 2 rings (SSSR count). The molecule has 0 heterocycles. The number of esters is 1. The summed E-state index contributed by atoms with van der Waals surface area (Å²) in [6.07, 6.45) is 13.1. The van der Waals surface area contributed by atoms with Crippen molar-refractivity contribution in [1.82, 2.24) is 10.2 Å². The van der Waals surface area contributed by atoms with Crippen molar-refractivity contribution in [3.05, 3.63) is 0 Å². The van der Waals surface area contributed by atoms with Gasteiger partial charge in [0.15, 0.2) is 0 Å². The maximum absolute atomic E-state index is 12.8. The van der Waals surface area contributed by atoms with E-state index in [-0.39, 0.29) is 24.5 Å². The Labute approximate surface area is 140 Å². The van der Waals surface area contributed by atoms with E-state index in [9.17, 15) is 9.59 Å². The van der Waals surface area contributed by atoms with Crippen molar-refractivity contribution in [1.29, 1.82) is 0 Å². The van der Waals surface area contributed by atoms with Crippen molar-refractivity contribution >= 4 is 12.0 Å². The molecule has 2 fully saturated rings. The fraction of sp³-hybridized carbons (Fsp3) is 0.889. The van der Waals surface area contributed by atoms with E-state index in [1.807, 2.05) is 4.90 Å². The number of urea groups is 1. The van der Waals surface area contributed by atoms with Crippen LogP contribution in [0, 0.1) is 0 Å². The van der Waals surface area contributed by atoms with Crippen LogP contribution in [0.4, 0.5) is 4.79 Å². The molecule has 0 aromatic carbocycles. The molecule has 5 nitrogen and oxygen atoms in total. The molecule has 0 bridgehead atoms. The number of carbonyl (C=O) groups is 2. The molecular weight excluding hydrogens is 292 g/mol. The third-order valence-electron chi connectivity index (χ3n) is 5.24. The van der Waals surface area contributed by atoms with Gasteiger partial charge in [0.1, 0.15) is 0 Å². The fourth-order valence-electron chi connectivity index (χ4n) is 3.84. The van der Waals surface area contributed by atoms with Crippen molar-refractivity contribution < 1.29 is 14.3 Å². The van der Waals surface area contributed by atoms with Crippen molar-refractivity contribution in [3.8, 4) is 0 Å². The summed E-state index contributed by atoms with van der Waals surface area (Å²) in [6, 6.07) is 0.598. The zero-order valence-electron chi connectivity index (χ0n) is 14.5. The van der Waals surface area contributed by atoms with E-state index < -0.39 is 0 Å². The second-order valence-corrected chi connectivity index (χ2v) is 6.95. The van der Waals surface area contributed by atoms with Gasteiger partial charge in [-0.05, 0) is 25.7 Å². The van der Waals surface area contributed by atoms with Crippen LogP contribution in [0.15, 0.2) is 0 Å². The second kappa shape index (κ2) is 9.78. The van der Waals surface area contributed by atoms with Gasteiger partial charge in [-0.25, -0.2) is 4.79 Å². The topological polar surface area (TPSA) is 58.6 Å². The molecule has 0 aromatic rings. The standard InChI is InChI=1S/C18H32N2O3/c1-23-17(21)13-14-20(16-11-7-2-3-8-12-16)18(22)19-15-9-5-4-6-10-15/h15-16H,2-14H2,1H3,(H,19,22). The summed E-state index contributed by atoms with van der Waals surface area (Å²) in [5.41, 5.74) is 0. The number of rotatable bonds is 5. The number of methoxy groups -OCH3 is 1. The zero-order chi connectivity index (χ0) is 16.5. The number of ether oxygens (including phenoxy) is 1. The maximum Gasteiger partial charge on any atom is 0.317 e. The SMILES string of the molecule is COC(=O)CCN(C(=O)NC1CCCCC1)C1CCCCCC1. The minimum Gasteiger partial charge on any atom is -0.469 e. The molecule has 0 atom stereocenters. The summed E-state index contributed by atoms with van der Waals surface area (Å²) in [5.74, 6) is -0.242. The molecule has 5 heteroatoms. The maximum atomic E-state index is 12.8. The van der Waals surface area contributed by atoms with Crippen molar-refractivity contribution in [2.75, 3.05) is 13.7 Å². The van der Waals surface area contributed by atoms with E-state index in [2.05, 4.69) is 5.32 Å². The first kappa shape index (κ1) is 18.1. The highest BCUT2D eigenvalue weighted by molar-refractivity contribution is 5.76. The lowest BCUT2D eigenvalue weighted by atomic mass is 9.95. The van der Waals surface area contributed by atoms with E-state index in [1.165, 1.54) is 52.1 Å². The first-order chi connectivity index (χ1) is 11.2. The number of nitrogens with zero attached hydrogens (tertiary/aromatic N) is 1. The lowest BCUT2D eigenvalue weighted by molar-refractivity contribution is -0.140. The molecule has 0 unspecified atom stereocenters. The molecule has 1 N–H and O–H groups in total. The van der Waals surface area contributed by atoms with Gasteiger partial charge in [0, 0.05) is 18.6 Å². The molecule has 0 aliphatic heterocycles. The van der Waals surface area contributed by atoms with Crippen molar-refractivity contribution in [3.63, 3.8) is 0 Å². The minimum atomic E-state index is -0.242. The summed E-state index contributed by atoms with van der Waals surface area (Å²) >= 11 is 0. The van der Waals surface area contributed by atoms with Crippen LogP contribution in [0.25, 0.3) is 0 Å². The summed E-state index contributed by atoms with van der Waals surface area (Å²) in [4.78, 5) is 26.2. The van der Waals surface area contributed by atoms with Crippen LogP contribution < -0.4 is 5.32 Å². The highest BCUT2D eigenvalue weighted by Gasteiger charge is 2.27. The third-order valence-corrected chi connectivity index (χ3v) is 5.24. The van der Waals surface area contributed by atoms with Crippen molar-refractivity contribution in [2.45, 2.75) is 89.1 Å². The van der Waals surface area contributed by atoms with E-state index in [4.69, 9.17) is 4.74 Å². The number of hydrogen-bond acceptors (Lipinski definition) is 3. The van der Waals surface area contributed by atoms with Crippen LogP contribution in [-0.4, -0.2) is 42.6 Å². The van der Waals surface area contributed by atoms with E-state index in [0.29, 0.717) is 12.6 Å². The summed E-state index contributed by atoms with van der Waals surface area (Å²) in [7, 11) is 1.40. The van der Waals surface area contributed by atoms with Gasteiger partial charge in [-0.1, -0.05) is 44.9 Å². The molecule has 2 amide bonds. The highest BCUT2D eigenvalue weighted by atomic mass is 16.5. The monoisotopic (exact) mass is 324 g/mol. The van der Waals surface area contributed by atoms with Gasteiger partial charge in [0.2, 0.25) is 0 Å². The Bertz CT molecular complexity index is 372. The predicted molar refractivity (Wildman–Crippen MR) is 90.2 cm³/mol. The Kier molecular flexibility index (Phi) is 7.69. The number of amides is 2.